The smallest absolute Gasteiger partial charge is 0.143 e. The Morgan fingerprint density at radius 1 is 0.812 bits per heavy atom. The number of pyridine rings is 1. The Kier molecular flexibility index (Phi) is 6.30. The molecule has 9 heteroatoms. The standard InChI is InChI=1S/C23H19Cl2N5O2/c1-31-18-11-19(32-2)21(25)22(20(18)24)30-23-14(7-5-9-27-23)17-10-16(28-12-29-17)13-6-3-4-8-15(13)26/h3-12H,26H2,1-2H3,(H,27,30). The van der Waals surface area contributed by atoms with Gasteiger partial charge in [-0.05, 0) is 24.3 Å². The highest BCUT2D eigenvalue weighted by Crippen LogP contribution is 2.45. The normalized spacial score (nSPS) is 10.6. The zero-order chi connectivity index (χ0) is 22.7. The lowest BCUT2D eigenvalue weighted by atomic mass is 10.1. The Labute approximate surface area is 195 Å². The summed E-state index contributed by atoms with van der Waals surface area (Å²) in [5, 5.41) is 3.81. The molecule has 0 aliphatic rings. The summed E-state index contributed by atoms with van der Waals surface area (Å²) >= 11 is 13.0. The number of methoxy groups -OCH3 is 2. The summed E-state index contributed by atoms with van der Waals surface area (Å²) in [7, 11) is 3.03. The van der Waals surface area contributed by atoms with E-state index in [1.165, 1.54) is 20.5 Å². The number of hydrogen-bond donors (Lipinski definition) is 2. The van der Waals surface area contributed by atoms with E-state index in [0.29, 0.717) is 50.1 Å². The van der Waals surface area contributed by atoms with Gasteiger partial charge in [0.1, 0.15) is 33.7 Å². The van der Waals surface area contributed by atoms with Crippen LogP contribution in [-0.2, 0) is 0 Å². The first-order valence-corrected chi connectivity index (χ1v) is 10.3. The minimum Gasteiger partial charge on any atom is -0.495 e. The molecule has 0 aliphatic carbocycles. The second kappa shape index (κ2) is 9.30. The van der Waals surface area contributed by atoms with Crippen molar-refractivity contribution < 1.29 is 9.47 Å². The van der Waals surface area contributed by atoms with Crippen molar-refractivity contribution >= 4 is 40.4 Å². The Morgan fingerprint density at radius 2 is 1.44 bits per heavy atom. The molecule has 0 spiro atoms. The van der Waals surface area contributed by atoms with Gasteiger partial charge in [0, 0.05) is 29.1 Å². The second-order valence-electron chi connectivity index (χ2n) is 6.68. The Hall–Kier alpha value is -3.55. The maximum absolute atomic E-state index is 6.52. The molecule has 7 nitrogen and oxygen atoms in total. The van der Waals surface area contributed by atoms with Crippen LogP contribution in [0.25, 0.3) is 22.5 Å². The SMILES string of the molecule is COc1cc(OC)c(Cl)c(Nc2ncccc2-c2cc(-c3ccccc3N)ncn2)c1Cl. The van der Waals surface area contributed by atoms with E-state index in [1.54, 1.807) is 12.3 Å². The van der Waals surface area contributed by atoms with Crippen molar-refractivity contribution in [2.24, 2.45) is 0 Å². The lowest BCUT2D eigenvalue weighted by molar-refractivity contribution is 0.395. The first-order chi connectivity index (χ1) is 15.5. The molecule has 0 amide bonds. The third-order valence-electron chi connectivity index (χ3n) is 4.80. The van der Waals surface area contributed by atoms with Crippen LogP contribution in [0.4, 0.5) is 17.2 Å². The molecule has 0 saturated carbocycles. The summed E-state index contributed by atoms with van der Waals surface area (Å²) in [6.07, 6.45) is 3.14. The highest BCUT2D eigenvalue weighted by molar-refractivity contribution is 6.41. The van der Waals surface area contributed by atoms with E-state index in [4.69, 9.17) is 38.4 Å². The van der Waals surface area contributed by atoms with Gasteiger partial charge >= 0.3 is 0 Å². The van der Waals surface area contributed by atoms with Crippen LogP contribution < -0.4 is 20.5 Å². The molecule has 4 aromatic rings. The van der Waals surface area contributed by atoms with E-state index in [0.717, 1.165) is 11.1 Å². The zero-order valence-electron chi connectivity index (χ0n) is 17.3. The highest BCUT2D eigenvalue weighted by Gasteiger charge is 2.19. The molecular formula is C23H19Cl2N5O2. The van der Waals surface area contributed by atoms with Crippen molar-refractivity contribution in [2.45, 2.75) is 0 Å². The summed E-state index contributed by atoms with van der Waals surface area (Å²) in [4.78, 5) is 13.3. The summed E-state index contributed by atoms with van der Waals surface area (Å²) in [5.74, 6) is 1.32. The lowest BCUT2D eigenvalue weighted by Crippen LogP contribution is -2.01. The number of para-hydroxylation sites is 1. The van der Waals surface area contributed by atoms with Crippen LogP contribution >= 0.6 is 23.2 Å². The van der Waals surface area contributed by atoms with Gasteiger partial charge in [0.25, 0.3) is 0 Å². The summed E-state index contributed by atoms with van der Waals surface area (Å²) in [6.45, 7) is 0. The maximum Gasteiger partial charge on any atom is 0.143 e. The van der Waals surface area contributed by atoms with Gasteiger partial charge in [-0.2, -0.15) is 0 Å². The molecule has 0 unspecified atom stereocenters. The molecule has 2 aromatic heterocycles. The van der Waals surface area contributed by atoms with E-state index >= 15 is 0 Å². The summed E-state index contributed by atoms with van der Waals surface area (Å²) in [5.41, 5.74) is 10.0. The van der Waals surface area contributed by atoms with Crippen molar-refractivity contribution in [1.29, 1.82) is 0 Å². The van der Waals surface area contributed by atoms with Crippen molar-refractivity contribution in [1.82, 2.24) is 15.0 Å². The van der Waals surface area contributed by atoms with Crippen LogP contribution in [0.2, 0.25) is 10.0 Å². The summed E-state index contributed by atoms with van der Waals surface area (Å²) < 4.78 is 10.7. The number of rotatable bonds is 6. The molecule has 3 N–H and O–H groups in total. The third kappa shape index (κ3) is 4.12. The van der Waals surface area contributed by atoms with Crippen molar-refractivity contribution in [3.63, 3.8) is 0 Å². The van der Waals surface area contributed by atoms with Gasteiger partial charge in [0.05, 0.1) is 31.3 Å². The number of anilines is 3. The molecule has 0 saturated heterocycles. The van der Waals surface area contributed by atoms with Crippen molar-refractivity contribution in [3.05, 3.63) is 71.1 Å². The van der Waals surface area contributed by atoms with E-state index in [-0.39, 0.29) is 0 Å². The number of nitrogen functional groups attached to an aromatic ring is 1. The summed E-state index contributed by atoms with van der Waals surface area (Å²) in [6, 6.07) is 14.7. The fourth-order valence-corrected chi connectivity index (χ4v) is 3.80. The predicted molar refractivity (Wildman–Crippen MR) is 128 cm³/mol. The largest absolute Gasteiger partial charge is 0.495 e. The molecule has 32 heavy (non-hydrogen) atoms. The minimum absolute atomic E-state index is 0.301. The highest BCUT2D eigenvalue weighted by atomic mass is 35.5. The first-order valence-electron chi connectivity index (χ1n) is 9.52. The van der Waals surface area contributed by atoms with Gasteiger partial charge < -0.3 is 20.5 Å². The Morgan fingerprint density at radius 3 is 2.09 bits per heavy atom. The fraction of sp³-hybridized carbons (Fsp3) is 0.0870. The molecule has 0 aliphatic heterocycles. The number of ether oxygens (including phenoxy) is 2. The molecule has 2 aromatic carbocycles. The van der Waals surface area contributed by atoms with Gasteiger partial charge in [-0.25, -0.2) is 15.0 Å². The molecule has 4 rings (SSSR count). The van der Waals surface area contributed by atoms with Gasteiger partial charge in [-0.1, -0.05) is 41.4 Å². The van der Waals surface area contributed by atoms with E-state index < -0.39 is 0 Å². The number of benzene rings is 2. The number of halogens is 2. The van der Waals surface area contributed by atoms with Crippen LogP contribution in [0.1, 0.15) is 0 Å². The molecule has 0 atom stereocenters. The van der Waals surface area contributed by atoms with Crippen LogP contribution in [0, 0.1) is 0 Å². The average Bonchev–Trinajstić information content (AvgIpc) is 2.82. The van der Waals surface area contributed by atoms with Gasteiger partial charge in [0.2, 0.25) is 0 Å². The average molecular weight is 468 g/mol. The number of nitrogens with zero attached hydrogens (tertiary/aromatic N) is 3. The molecule has 0 fully saturated rings. The Balaban J connectivity index is 1.80. The molecule has 0 bridgehead atoms. The fourth-order valence-electron chi connectivity index (χ4n) is 3.21. The molecule has 2 heterocycles. The monoisotopic (exact) mass is 467 g/mol. The number of hydrogen-bond acceptors (Lipinski definition) is 7. The minimum atomic E-state index is 0.301. The quantitative estimate of drug-likeness (QED) is 0.343. The van der Waals surface area contributed by atoms with Gasteiger partial charge in [0.15, 0.2) is 0 Å². The second-order valence-corrected chi connectivity index (χ2v) is 7.44. The van der Waals surface area contributed by atoms with Crippen LogP contribution in [0.3, 0.4) is 0 Å². The van der Waals surface area contributed by atoms with E-state index in [1.807, 2.05) is 42.5 Å². The van der Waals surface area contributed by atoms with Crippen LogP contribution in [0.5, 0.6) is 11.5 Å². The third-order valence-corrected chi connectivity index (χ3v) is 5.56. The topological polar surface area (TPSA) is 95.2 Å². The maximum atomic E-state index is 6.52. The van der Waals surface area contributed by atoms with Crippen molar-refractivity contribution in [2.75, 3.05) is 25.3 Å². The van der Waals surface area contributed by atoms with Gasteiger partial charge in [-0.15, -0.1) is 0 Å². The van der Waals surface area contributed by atoms with E-state index in [2.05, 4.69) is 20.3 Å². The first kappa shape index (κ1) is 21.7. The molecule has 0 radical (unpaired) electrons. The van der Waals surface area contributed by atoms with Crippen molar-refractivity contribution in [3.8, 4) is 34.0 Å². The molecular weight excluding hydrogens is 449 g/mol. The number of nitrogens with one attached hydrogen (secondary N) is 1. The predicted octanol–water partition coefficient (Wildman–Crippen LogP) is 5.86. The van der Waals surface area contributed by atoms with Crippen LogP contribution in [0.15, 0.2) is 61.1 Å². The van der Waals surface area contributed by atoms with Gasteiger partial charge in [-0.3, -0.25) is 0 Å². The number of aromatic nitrogens is 3. The zero-order valence-corrected chi connectivity index (χ0v) is 18.8. The molecule has 162 valence electrons. The Bertz CT molecular complexity index is 1250. The van der Waals surface area contributed by atoms with Crippen LogP contribution in [-0.4, -0.2) is 29.2 Å². The number of nitrogens with two attached hydrogens (primary N) is 1. The lowest BCUT2D eigenvalue weighted by Gasteiger charge is -2.17. The van der Waals surface area contributed by atoms with E-state index in [9.17, 15) is 0 Å².